The number of amides is 1. The van der Waals surface area contributed by atoms with E-state index in [-0.39, 0.29) is 5.91 Å². The van der Waals surface area contributed by atoms with Crippen LogP contribution in [0.2, 0.25) is 0 Å². The Kier molecular flexibility index (Phi) is 4.17. The fourth-order valence-electron chi connectivity index (χ4n) is 2.99. The van der Waals surface area contributed by atoms with Crippen molar-refractivity contribution in [2.24, 2.45) is 4.99 Å². The van der Waals surface area contributed by atoms with Crippen LogP contribution in [0.1, 0.15) is 10.4 Å². The van der Waals surface area contributed by atoms with Gasteiger partial charge in [-0.2, -0.15) is 4.99 Å². The molecule has 0 aliphatic carbocycles. The summed E-state index contributed by atoms with van der Waals surface area (Å²) in [4.78, 5) is 31.0. The average molecular weight is 345 g/mol. The van der Waals surface area contributed by atoms with Crippen LogP contribution in [0.3, 0.4) is 0 Å². The van der Waals surface area contributed by atoms with E-state index >= 15 is 0 Å². The van der Waals surface area contributed by atoms with Gasteiger partial charge in [-0.3, -0.25) is 14.5 Å². The third-order valence-corrected chi connectivity index (χ3v) is 4.27. The van der Waals surface area contributed by atoms with Crippen LogP contribution in [-0.4, -0.2) is 24.7 Å². The summed E-state index contributed by atoms with van der Waals surface area (Å²) < 4.78 is 0. The zero-order valence-electron chi connectivity index (χ0n) is 13.9. The van der Waals surface area contributed by atoms with Crippen molar-refractivity contribution in [1.82, 2.24) is 0 Å². The molecule has 128 valence electrons. The molecule has 6 nitrogen and oxygen atoms in total. The molecule has 0 radical (unpaired) electrons. The predicted octanol–water partition coefficient (Wildman–Crippen LogP) is 1.57. The first-order valence-electron chi connectivity index (χ1n) is 8.26. The van der Waals surface area contributed by atoms with Crippen molar-refractivity contribution in [3.8, 4) is 0 Å². The number of aliphatic imine (C=N–C) groups is 1. The summed E-state index contributed by atoms with van der Waals surface area (Å²) in [5.74, 6) is 0.543. The predicted molar refractivity (Wildman–Crippen MR) is 99.9 cm³/mol. The van der Waals surface area contributed by atoms with Gasteiger partial charge in [-0.05, 0) is 24.3 Å². The number of benzene rings is 2. The molecule has 2 aromatic carbocycles. The summed E-state index contributed by atoms with van der Waals surface area (Å²) >= 11 is 0. The standard InChI is InChI=1S/C20H16N4O2/c25-13-15-6-4-5-9-18(15)23-11-10-19-22-17(12-24(19)14-23)20(26)21-16-7-2-1-3-8-16/h1-13H,14H2,(H,21,26)/p+1. The molecule has 0 fully saturated rings. The van der Waals surface area contributed by atoms with Gasteiger partial charge in [0.1, 0.15) is 6.20 Å². The van der Waals surface area contributed by atoms with Crippen LogP contribution in [0.15, 0.2) is 83.8 Å². The number of para-hydroxylation sites is 2. The molecule has 2 aliphatic rings. The number of quaternary nitrogens is 1. The Balaban J connectivity index is 1.52. The minimum absolute atomic E-state index is 0.237. The highest BCUT2D eigenvalue weighted by Gasteiger charge is 2.30. The van der Waals surface area contributed by atoms with E-state index in [1.165, 1.54) is 0 Å². The van der Waals surface area contributed by atoms with E-state index in [9.17, 15) is 9.59 Å². The maximum Gasteiger partial charge on any atom is 0.280 e. The molecule has 4 rings (SSSR count). The summed E-state index contributed by atoms with van der Waals surface area (Å²) in [5, 5.41) is 2.84. The fourth-order valence-corrected chi connectivity index (χ4v) is 2.99. The van der Waals surface area contributed by atoms with Gasteiger partial charge in [0, 0.05) is 23.5 Å². The van der Waals surface area contributed by atoms with Gasteiger partial charge < -0.3 is 5.32 Å². The fraction of sp³-hybridized carbons (Fsp3) is 0.0500. The second-order valence-electron chi connectivity index (χ2n) is 5.99. The first-order valence-corrected chi connectivity index (χ1v) is 8.26. The van der Waals surface area contributed by atoms with E-state index < -0.39 is 0 Å². The van der Waals surface area contributed by atoms with E-state index in [0.29, 0.717) is 17.9 Å². The topological polar surface area (TPSA) is 66.2 Å². The van der Waals surface area contributed by atoms with Gasteiger partial charge in [-0.15, -0.1) is 0 Å². The lowest BCUT2D eigenvalue weighted by molar-refractivity contribution is -0.742. The van der Waals surface area contributed by atoms with Crippen LogP contribution in [-0.2, 0) is 4.79 Å². The van der Waals surface area contributed by atoms with Crippen molar-refractivity contribution in [2.75, 3.05) is 16.9 Å². The summed E-state index contributed by atoms with van der Waals surface area (Å²) in [6, 6.07) is 16.7. The number of amidine groups is 1. The number of nitrogens with zero attached hydrogens (tertiary/aromatic N) is 2. The van der Waals surface area contributed by atoms with Crippen molar-refractivity contribution in [3.05, 3.63) is 84.3 Å². The molecule has 2 aliphatic heterocycles. The van der Waals surface area contributed by atoms with E-state index in [4.69, 9.17) is 0 Å². The number of hydrogen-bond donors (Lipinski definition) is 2. The van der Waals surface area contributed by atoms with Crippen molar-refractivity contribution in [2.45, 2.75) is 0 Å². The van der Waals surface area contributed by atoms with Crippen LogP contribution >= 0.6 is 0 Å². The lowest BCUT2D eigenvalue weighted by Crippen LogP contribution is -3.11. The molecule has 1 unspecified atom stereocenters. The van der Waals surface area contributed by atoms with E-state index in [0.717, 1.165) is 28.4 Å². The van der Waals surface area contributed by atoms with Crippen LogP contribution in [0.5, 0.6) is 0 Å². The van der Waals surface area contributed by atoms with Gasteiger partial charge in [0.15, 0.2) is 18.7 Å². The Labute approximate surface area is 150 Å². The van der Waals surface area contributed by atoms with Crippen LogP contribution in [0.25, 0.3) is 0 Å². The van der Waals surface area contributed by atoms with E-state index in [1.54, 1.807) is 12.3 Å². The number of rotatable bonds is 4. The monoisotopic (exact) mass is 345 g/mol. The molecule has 0 saturated heterocycles. The van der Waals surface area contributed by atoms with Gasteiger partial charge in [-0.1, -0.05) is 30.3 Å². The molecule has 2 N–H and O–H groups in total. The third-order valence-electron chi connectivity index (χ3n) is 4.27. The Morgan fingerprint density at radius 3 is 2.69 bits per heavy atom. The van der Waals surface area contributed by atoms with E-state index in [1.807, 2.05) is 65.7 Å². The molecule has 0 aromatic heterocycles. The molecule has 1 atom stereocenters. The molecular formula is C20H17N4O2+. The Bertz CT molecular complexity index is 947. The highest BCUT2D eigenvalue weighted by molar-refractivity contribution is 6.06. The third kappa shape index (κ3) is 3.05. The Morgan fingerprint density at radius 1 is 1.12 bits per heavy atom. The second-order valence-corrected chi connectivity index (χ2v) is 5.99. The summed E-state index contributed by atoms with van der Waals surface area (Å²) in [5.41, 5.74) is 2.58. The largest absolute Gasteiger partial charge is 0.320 e. The number of anilines is 2. The molecule has 1 amide bonds. The molecule has 0 bridgehead atoms. The molecule has 2 heterocycles. The summed E-state index contributed by atoms with van der Waals surface area (Å²) in [6.07, 6.45) is 6.39. The van der Waals surface area contributed by atoms with Crippen molar-refractivity contribution >= 4 is 29.4 Å². The lowest BCUT2D eigenvalue weighted by Gasteiger charge is -2.26. The summed E-state index contributed by atoms with van der Waals surface area (Å²) in [6.45, 7) is 0.558. The SMILES string of the molecule is O=Cc1ccccc1N1C=CC2=NC(C(=O)Nc3ccccc3)=C[NH+]2C1. The molecule has 6 heteroatoms. The number of nitrogens with one attached hydrogen (secondary N) is 2. The normalized spacial score (nSPS) is 18.0. The van der Waals surface area contributed by atoms with Crippen LogP contribution < -0.4 is 15.1 Å². The molecule has 0 saturated carbocycles. The number of hydrogen-bond acceptors (Lipinski definition) is 4. The quantitative estimate of drug-likeness (QED) is 0.827. The van der Waals surface area contributed by atoms with Crippen LogP contribution in [0, 0.1) is 0 Å². The van der Waals surface area contributed by atoms with Crippen LogP contribution in [0.4, 0.5) is 11.4 Å². The molecule has 2 aromatic rings. The maximum atomic E-state index is 12.4. The van der Waals surface area contributed by atoms with Gasteiger partial charge in [0.25, 0.3) is 5.91 Å². The lowest BCUT2D eigenvalue weighted by atomic mass is 10.2. The minimum Gasteiger partial charge on any atom is -0.320 e. The zero-order chi connectivity index (χ0) is 17.9. The second kappa shape index (κ2) is 6.78. The Hall–Kier alpha value is -3.51. The first kappa shape index (κ1) is 16.0. The van der Waals surface area contributed by atoms with Gasteiger partial charge in [-0.25, -0.2) is 4.90 Å². The van der Waals surface area contributed by atoms with Crippen molar-refractivity contribution < 1.29 is 14.5 Å². The van der Waals surface area contributed by atoms with Gasteiger partial charge in [0.2, 0.25) is 5.84 Å². The zero-order valence-corrected chi connectivity index (χ0v) is 13.9. The summed E-state index contributed by atoms with van der Waals surface area (Å²) in [7, 11) is 0. The first-order chi connectivity index (χ1) is 12.7. The van der Waals surface area contributed by atoms with Gasteiger partial charge in [0.05, 0.1) is 5.69 Å². The van der Waals surface area contributed by atoms with Crippen molar-refractivity contribution in [1.29, 1.82) is 0 Å². The van der Waals surface area contributed by atoms with Crippen molar-refractivity contribution in [3.63, 3.8) is 0 Å². The highest BCUT2D eigenvalue weighted by atomic mass is 16.2. The highest BCUT2D eigenvalue weighted by Crippen LogP contribution is 2.19. The number of aldehydes is 1. The number of carbonyl (C=O) groups excluding carboxylic acids is 2. The molecule has 26 heavy (non-hydrogen) atoms. The molecular weight excluding hydrogens is 328 g/mol. The Morgan fingerprint density at radius 2 is 1.88 bits per heavy atom. The maximum absolute atomic E-state index is 12.4. The van der Waals surface area contributed by atoms with Gasteiger partial charge >= 0.3 is 0 Å². The van der Waals surface area contributed by atoms with E-state index in [2.05, 4.69) is 10.3 Å². The number of fused-ring (bicyclic) bond motifs is 1. The molecule has 0 spiro atoms. The minimum atomic E-state index is -0.237. The number of carbonyl (C=O) groups is 2. The average Bonchev–Trinajstić information content (AvgIpc) is 3.12. The smallest absolute Gasteiger partial charge is 0.280 e.